The summed E-state index contributed by atoms with van der Waals surface area (Å²) in [6.45, 7) is 5.00. The Morgan fingerprint density at radius 1 is 1.30 bits per heavy atom. The largest absolute Gasteiger partial charge is 0.378 e. The highest BCUT2D eigenvalue weighted by molar-refractivity contribution is 6.30. The van der Waals surface area contributed by atoms with Crippen molar-refractivity contribution in [2.75, 3.05) is 45.7 Å². The molecule has 6 heteroatoms. The molecule has 0 unspecified atom stereocenters. The van der Waals surface area contributed by atoms with Crippen LogP contribution in [0.25, 0.3) is 0 Å². The number of nitrogens with zero attached hydrogens (tertiary/aromatic N) is 3. The van der Waals surface area contributed by atoms with Crippen LogP contribution in [0.1, 0.15) is 30.1 Å². The minimum Gasteiger partial charge on any atom is -0.378 e. The van der Waals surface area contributed by atoms with Gasteiger partial charge in [-0.2, -0.15) is 0 Å². The van der Waals surface area contributed by atoms with Gasteiger partial charge in [0, 0.05) is 24.6 Å². The molecule has 1 aliphatic rings. The molecule has 5 nitrogen and oxygen atoms in total. The molecular weight excluding hydrogens is 276 g/mol. The fourth-order valence-electron chi connectivity index (χ4n) is 1.79. The number of hydrogen-bond acceptors (Lipinski definition) is 5. The Balaban J connectivity index is 1.80. The van der Waals surface area contributed by atoms with E-state index in [9.17, 15) is 0 Å². The molecule has 1 aliphatic carbocycles. The van der Waals surface area contributed by atoms with Gasteiger partial charge < -0.3 is 15.0 Å². The van der Waals surface area contributed by atoms with Gasteiger partial charge in [-0.05, 0) is 33.9 Å². The fourth-order valence-corrected chi connectivity index (χ4v) is 1.97. The van der Waals surface area contributed by atoms with Gasteiger partial charge in [0.25, 0.3) is 0 Å². The van der Waals surface area contributed by atoms with Gasteiger partial charge in [0.05, 0.1) is 13.2 Å². The monoisotopic (exact) mass is 298 g/mol. The Hall–Kier alpha value is -0.910. The van der Waals surface area contributed by atoms with Crippen LogP contribution in [0.5, 0.6) is 0 Å². The topological polar surface area (TPSA) is 50.3 Å². The summed E-state index contributed by atoms with van der Waals surface area (Å²) in [7, 11) is 4.07. The summed E-state index contributed by atoms with van der Waals surface area (Å²) >= 11 is 6.16. The van der Waals surface area contributed by atoms with E-state index in [1.54, 1.807) is 0 Å². The lowest BCUT2D eigenvalue weighted by Gasteiger charge is -2.12. The molecular formula is C14H23ClN4O. The van der Waals surface area contributed by atoms with Crippen molar-refractivity contribution in [2.24, 2.45) is 0 Å². The highest BCUT2D eigenvalue weighted by Gasteiger charge is 2.27. The van der Waals surface area contributed by atoms with Crippen LogP contribution in [-0.4, -0.2) is 55.3 Å². The summed E-state index contributed by atoms with van der Waals surface area (Å²) in [6.07, 6.45) is 2.35. The lowest BCUT2D eigenvalue weighted by molar-refractivity contribution is 0.126. The predicted molar refractivity (Wildman–Crippen MR) is 81.6 cm³/mol. The molecule has 1 aromatic rings. The van der Waals surface area contributed by atoms with Crippen molar-refractivity contribution < 1.29 is 4.74 Å². The molecule has 1 heterocycles. The van der Waals surface area contributed by atoms with Gasteiger partial charge in [0.2, 0.25) is 0 Å². The van der Waals surface area contributed by atoms with Gasteiger partial charge in [-0.15, -0.1) is 0 Å². The molecule has 0 bridgehead atoms. The van der Waals surface area contributed by atoms with Gasteiger partial charge in [0.1, 0.15) is 16.8 Å². The van der Waals surface area contributed by atoms with E-state index in [0.29, 0.717) is 17.7 Å². The van der Waals surface area contributed by atoms with Crippen molar-refractivity contribution in [1.82, 2.24) is 14.9 Å². The SMILES string of the molecule is Cc1c(Cl)nc(C2CC2)nc1NCCOCCN(C)C. The van der Waals surface area contributed by atoms with Crippen LogP contribution in [0.3, 0.4) is 0 Å². The Kier molecular flexibility index (Phi) is 5.57. The zero-order valence-electron chi connectivity index (χ0n) is 12.4. The van der Waals surface area contributed by atoms with E-state index in [1.807, 2.05) is 21.0 Å². The molecule has 20 heavy (non-hydrogen) atoms. The third kappa shape index (κ3) is 4.58. The molecule has 112 valence electrons. The van der Waals surface area contributed by atoms with Crippen LogP contribution in [-0.2, 0) is 4.74 Å². The summed E-state index contributed by atoms with van der Waals surface area (Å²) in [5, 5.41) is 3.84. The molecule has 0 aliphatic heterocycles. The van der Waals surface area contributed by atoms with Gasteiger partial charge in [-0.25, -0.2) is 9.97 Å². The van der Waals surface area contributed by atoms with Crippen LogP contribution < -0.4 is 5.32 Å². The van der Waals surface area contributed by atoms with Gasteiger partial charge >= 0.3 is 0 Å². The Bertz CT molecular complexity index is 449. The summed E-state index contributed by atoms with van der Waals surface area (Å²) in [5.41, 5.74) is 0.907. The van der Waals surface area contributed by atoms with E-state index in [1.165, 1.54) is 12.8 Å². The van der Waals surface area contributed by atoms with E-state index in [0.717, 1.165) is 36.9 Å². The maximum Gasteiger partial charge on any atom is 0.137 e. The second-order valence-electron chi connectivity index (χ2n) is 5.46. The summed E-state index contributed by atoms with van der Waals surface area (Å²) < 4.78 is 5.55. The van der Waals surface area contributed by atoms with Crippen LogP contribution in [0, 0.1) is 6.92 Å². The highest BCUT2D eigenvalue weighted by Crippen LogP contribution is 2.39. The molecule has 0 saturated heterocycles. The molecule has 0 amide bonds. The first-order valence-corrected chi connectivity index (χ1v) is 7.46. The molecule has 1 fully saturated rings. The van der Waals surface area contributed by atoms with Crippen molar-refractivity contribution in [3.8, 4) is 0 Å². The van der Waals surface area contributed by atoms with Gasteiger partial charge in [0.15, 0.2) is 0 Å². The molecule has 2 rings (SSSR count). The Morgan fingerprint density at radius 2 is 2.05 bits per heavy atom. The third-order valence-electron chi connectivity index (χ3n) is 3.27. The van der Waals surface area contributed by atoms with Gasteiger partial charge in [-0.3, -0.25) is 0 Å². The van der Waals surface area contributed by atoms with Crippen LogP contribution in [0.15, 0.2) is 0 Å². The quantitative estimate of drug-likeness (QED) is 0.589. The van der Waals surface area contributed by atoms with E-state index in [4.69, 9.17) is 16.3 Å². The Labute approximate surface area is 125 Å². The third-order valence-corrected chi connectivity index (χ3v) is 3.64. The summed E-state index contributed by atoms with van der Waals surface area (Å²) in [5.74, 6) is 2.21. The van der Waals surface area contributed by atoms with E-state index in [-0.39, 0.29) is 0 Å². The summed E-state index contributed by atoms with van der Waals surface area (Å²) in [4.78, 5) is 11.0. The minimum atomic E-state index is 0.505. The van der Waals surface area contributed by atoms with Crippen molar-refractivity contribution >= 4 is 17.4 Å². The number of anilines is 1. The standard InChI is InChI=1S/C14H23ClN4O/c1-10-12(15)17-14(11-4-5-11)18-13(10)16-6-8-20-9-7-19(2)3/h11H,4-9H2,1-3H3,(H,16,17,18). The highest BCUT2D eigenvalue weighted by atomic mass is 35.5. The number of hydrogen-bond donors (Lipinski definition) is 1. The summed E-state index contributed by atoms with van der Waals surface area (Å²) in [6, 6.07) is 0. The van der Waals surface area contributed by atoms with Crippen LogP contribution in [0.2, 0.25) is 5.15 Å². The molecule has 0 radical (unpaired) electrons. The zero-order valence-corrected chi connectivity index (χ0v) is 13.2. The number of likely N-dealkylation sites (N-methyl/N-ethyl adjacent to an activating group) is 1. The second kappa shape index (κ2) is 7.20. The maximum absolute atomic E-state index is 6.16. The molecule has 1 aromatic heterocycles. The first-order chi connectivity index (χ1) is 9.58. The van der Waals surface area contributed by atoms with Crippen LogP contribution >= 0.6 is 11.6 Å². The smallest absolute Gasteiger partial charge is 0.137 e. The molecule has 0 spiro atoms. The van der Waals surface area contributed by atoms with Crippen molar-refractivity contribution in [3.05, 3.63) is 16.5 Å². The number of nitrogens with one attached hydrogen (secondary N) is 1. The predicted octanol–water partition coefficient (Wildman–Crippen LogP) is 2.31. The van der Waals surface area contributed by atoms with E-state index < -0.39 is 0 Å². The molecule has 1 N–H and O–H groups in total. The van der Waals surface area contributed by atoms with Crippen molar-refractivity contribution in [2.45, 2.75) is 25.7 Å². The number of halogens is 1. The number of ether oxygens (including phenoxy) is 1. The zero-order chi connectivity index (χ0) is 14.5. The first kappa shape index (κ1) is 15.5. The molecule has 0 aromatic carbocycles. The number of aromatic nitrogens is 2. The average molecular weight is 299 g/mol. The molecule has 0 atom stereocenters. The van der Waals surface area contributed by atoms with E-state index >= 15 is 0 Å². The number of rotatable bonds is 8. The maximum atomic E-state index is 6.16. The molecule has 1 saturated carbocycles. The normalized spacial score (nSPS) is 14.8. The minimum absolute atomic E-state index is 0.505. The lowest BCUT2D eigenvalue weighted by Crippen LogP contribution is -2.20. The van der Waals surface area contributed by atoms with Crippen molar-refractivity contribution in [3.63, 3.8) is 0 Å². The van der Waals surface area contributed by atoms with Gasteiger partial charge in [-0.1, -0.05) is 11.6 Å². The second-order valence-corrected chi connectivity index (χ2v) is 5.82. The fraction of sp³-hybridized carbons (Fsp3) is 0.714. The van der Waals surface area contributed by atoms with E-state index in [2.05, 4.69) is 20.2 Å². The van der Waals surface area contributed by atoms with Crippen LogP contribution in [0.4, 0.5) is 5.82 Å². The Morgan fingerprint density at radius 3 is 2.70 bits per heavy atom. The average Bonchev–Trinajstić information content (AvgIpc) is 3.22. The lowest BCUT2D eigenvalue weighted by atomic mass is 10.3. The first-order valence-electron chi connectivity index (χ1n) is 7.08. The van der Waals surface area contributed by atoms with Crippen molar-refractivity contribution in [1.29, 1.82) is 0 Å².